The van der Waals surface area contributed by atoms with Gasteiger partial charge >= 0.3 is 0 Å². The van der Waals surface area contributed by atoms with Crippen molar-refractivity contribution >= 4 is 0 Å². The summed E-state index contributed by atoms with van der Waals surface area (Å²) in [7, 11) is 0. The van der Waals surface area contributed by atoms with Crippen molar-refractivity contribution in [3.63, 3.8) is 0 Å². The highest BCUT2D eigenvalue weighted by molar-refractivity contribution is 5.29. The van der Waals surface area contributed by atoms with Crippen LogP contribution in [-0.2, 0) is 13.2 Å². The van der Waals surface area contributed by atoms with Crippen molar-refractivity contribution in [2.24, 2.45) is 0 Å². The summed E-state index contributed by atoms with van der Waals surface area (Å²) in [6.45, 7) is 3.03. The molecule has 94 valence electrons. The minimum Gasteiger partial charge on any atom is -0.392 e. The van der Waals surface area contributed by atoms with Crippen molar-refractivity contribution < 1.29 is 5.11 Å². The Labute approximate surface area is 107 Å². The molecule has 3 rings (SSSR count). The molecule has 1 fully saturated rings. The molecular weight excluding hydrogens is 224 g/mol. The van der Waals surface area contributed by atoms with Gasteiger partial charge < -0.3 is 5.11 Å². The van der Waals surface area contributed by atoms with Crippen LogP contribution in [0.15, 0.2) is 30.5 Å². The minimum atomic E-state index is 0.0968. The average Bonchev–Trinajstić information content (AvgIpc) is 3.14. The van der Waals surface area contributed by atoms with Crippen LogP contribution < -0.4 is 0 Å². The highest BCUT2D eigenvalue weighted by Gasteiger charge is 2.29. The van der Waals surface area contributed by atoms with Crippen molar-refractivity contribution in [3.8, 4) is 0 Å². The topological polar surface area (TPSA) is 38.0 Å². The van der Waals surface area contributed by atoms with Gasteiger partial charge in [0.25, 0.3) is 0 Å². The maximum absolute atomic E-state index is 9.38. The Morgan fingerprint density at radius 3 is 2.72 bits per heavy atom. The van der Waals surface area contributed by atoms with Gasteiger partial charge in [0.1, 0.15) is 0 Å². The van der Waals surface area contributed by atoms with Crippen molar-refractivity contribution in [2.75, 3.05) is 0 Å². The average molecular weight is 242 g/mol. The van der Waals surface area contributed by atoms with E-state index in [4.69, 9.17) is 0 Å². The molecule has 0 aliphatic heterocycles. The van der Waals surface area contributed by atoms with Crippen LogP contribution in [0.2, 0.25) is 0 Å². The summed E-state index contributed by atoms with van der Waals surface area (Å²) in [4.78, 5) is 0. The van der Waals surface area contributed by atoms with Crippen LogP contribution >= 0.6 is 0 Å². The van der Waals surface area contributed by atoms with Gasteiger partial charge in [-0.3, -0.25) is 4.68 Å². The molecule has 0 bridgehead atoms. The Morgan fingerprint density at radius 1 is 1.28 bits per heavy atom. The lowest BCUT2D eigenvalue weighted by Crippen LogP contribution is -2.07. The van der Waals surface area contributed by atoms with Crippen molar-refractivity contribution in [2.45, 2.75) is 38.8 Å². The van der Waals surface area contributed by atoms with Gasteiger partial charge in [0.05, 0.1) is 19.3 Å². The highest BCUT2D eigenvalue weighted by atomic mass is 16.3. The number of nitrogens with zero attached hydrogens (tertiary/aromatic N) is 2. The molecule has 3 heteroatoms. The Hall–Kier alpha value is -1.61. The van der Waals surface area contributed by atoms with Crippen LogP contribution in [0, 0.1) is 6.92 Å². The first-order valence-corrected chi connectivity index (χ1v) is 6.49. The molecule has 1 saturated carbocycles. The van der Waals surface area contributed by atoms with Crippen molar-refractivity contribution in [1.29, 1.82) is 0 Å². The number of aryl methyl sites for hydroxylation is 1. The molecule has 0 radical (unpaired) electrons. The van der Waals surface area contributed by atoms with Crippen molar-refractivity contribution in [3.05, 3.63) is 52.8 Å². The highest BCUT2D eigenvalue weighted by Crippen LogP contribution is 2.41. The molecule has 0 atom stereocenters. The lowest BCUT2D eigenvalue weighted by Gasteiger charge is -2.10. The summed E-state index contributed by atoms with van der Waals surface area (Å²) in [5, 5.41) is 13.8. The zero-order valence-electron chi connectivity index (χ0n) is 10.6. The minimum absolute atomic E-state index is 0.0968. The quantitative estimate of drug-likeness (QED) is 0.895. The summed E-state index contributed by atoms with van der Waals surface area (Å²) >= 11 is 0. The number of aliphatic hydroxyl groups is 1. The molecule has 2 aromatic rings. The molecule has 3 nitrogen and oxygen atoms in total. The zero-order chi connectivity index (χ0) is 12.5. The Balaban J connectivity index is 1.93. The first kappa shape index (κ1) is 11.5. The fourth-order valence-electron chi connectivity index (χ4n) is 2.46. The monoisotopic (exact) mass is 242 g/mol. The third-order valence-corrected chi connectivity index (χ3v) is 3.68. The van der Waals surface area contributed by atoms with Crippen LogP contribution in [-0.4, -0.2) is 14.9 Å². The Kier molecular flexibility index (Phi) is 2.92. The molecule has 1 aromatic heterocycles. The lowest BCUT2D eigenvalue weighted by molar-refractivity contribution is 0.280. The number of hydrogen-bond donors (Lipinski definition) is 1. The van der Waals surface area contributed by atoms with Crippen LogP contribution in [0.4, 0.5) is 0 Å². The smallest absolute Gasteiger partial charge is 0.0715 e. The molecule has 0 unspecified atom stereocenters. The van der Waals surface area contributed by atoms with Crippen molar-refractivity contribution in [1.82, 2.24) is 9.78 Å². The van der Waals surface area contributed by atoms with Gasteiger partial charge in [0, 0.05) is 17.2 Å². The predicted molar refractivity (Wildman–Crippen MR) is 70.4 cm³/mol. The summed E-state index contributed by atoms with van der Waals surface area (Å²) in [5.74, 6) is 0.610. The standard InChI is InChI=1S/C15H18N2O/c1-11-4-2-3-5-13(11)9-17-15(12-6-7-12)14(10-18)8-16-17/h2-5,8,12,18H,6-7,9-10H2,1H3. The fraction of sp³-hybridized carbons (Fsp3) is 0.400. The van der Waals surface area contributed by atoms with E-state index in [1.54, 1.807) is 0 Å². The largest absolute Gasteiger partial charge is 0.392 e. The maximum atomic E-state index is 9.38. The van der Waals surface area contributed by atoms with Gasteiger partial charge in [-0.25, -0.2) is 0 Å². The maximum Gasteiger partial charge on any atom is 0.0715 e. The first-order valence-electron chi connectivity index (χ1n) is 6.49. The second kappa shape index (κ2) is 4.58. The summed E-state index contributed by atoms with van der Waals surface area (Å²) in [6.07, 6.45) is 4.27. The third kappa shape index (κ3) is 2.06. The molecule has 0 spiro atoms. The second-order valence-corrected chi connectivity index (χ2v) is 5.07. The SMILES string of the molecule is Cc1ccccc1Cn1ncc(CO)c1C1CC1. The first-order chi connectivity index (χ1) is 8.79. The van der Waals surface area contributed by atoms with Crippen LogP contribution in [0.5, 0.6) is 0 Å². The molecule has 0 amide bonds. The number of aliphatic hydroxyl groups excluding tert-OH is 1. The molecular formula is C15H18N2O. The van der Waals surface area contributed by atoms with Gasteiger partial charge in [-0.15, -0.1) is 0 Å². The molecule has 18 heavy (non-hydrogen) atoms. The Bertz CT molecular complexity index is 555. The molecule has 1 N–H and O–H groups in total. The predicted octanol–water partition coefficient (Wildman–Crippen LogP) is 2.61. The number of aromatic nitrogens is 2. The van der Waals surface area contributed by atoms with Crippen LogP contribution in [0.3, 0.4) is 0 Å². The molecule has 0 saturated heterocycles. The van der Waals surface area contributed by atoms with E-state index in [2.05, 4.69) is 41.0 Å². The normalized spacial score (nSPS) is 15.0. The third-order valence-electron chi connectivity index (χ3n) is 3.68. The molecule has 1 aliphatic rings. The molecule has 1 heterocycles. The number of benzene rings is 1. The fourth-order valence-corrected chi connectivity index (χ4v) is 2.46. The van der Waals surface area contributed by atoms with Gasteiger partial charge in [0.15, 0.2) is 0 Å². The molecule has 1 aromatic carbocycles. The lowest BCUT2D eigenvalue weighted by atomic mass is 10.1. The number of rotatable bonds is 4. The Morgan fingerprint density at radius 2 is 2.06 bits per heavy atom. The van der Waals surface area contributed by atoms with Crippen LogP contribution in [0.25, 0.3) is 0 Å². The summed E-state index contributed by atoms with van der Waals surface area (Å²) in [5.41, 5.74) is 4.82. The van der Waals surface area contributed by atoms with E-state index in [0.717, 1.165) is 12.1 Å². The molecule has 1 aliphatic carbocycles. The van der Waals surface area contributed by atoms with E-state index < -0.39 is 0 Å². The van der Waals surface area contributed by atoms with E-state index in [9.17, 15) is 5.11 Å². The van der Waals surface area contributed by atoms with Crippen LogP contribution in [0.1, 0.15) is 41.1 Å². The van der Waals surface area contributed by atoms with Gasteiger partial charge in [-0.1, -0.05) is 24.3 Å². The summed E-state index contributed by atoms with van der Waals surface area (Å²) < 4.78 is 2.06. The van der Waals surface area contributed by atoms with E-state index in [0.29, 0.717) is 5.92 Å². The van der Waals surface area contributed by atoms with E-state index >= 15 is 0 Å². The second-order valence-electron chi connectivity index (χ2n) is 5.07. The van der Waals surface area contributed by atoms with E-state index in [-0.39, 0.29) is 6.61 Å². The zero-order valence-corrected chi connectivity index (χ0v) is 10.6. The summed E-state index contributed by atoms with van der Waals surface area (Å²) in [6, 6.07) is 8.40. The van der Waals surface area contributed by atoms with Gasteiger partial charge in [0.2, 0.25) is 0 Å². The van der Waals surface area contributed by atoms with E-state index in [1.807, 2.05) is 6.20 Å². The van der Waals surface area contributed by atoms with Gasteiger partial charge in [-0.05, 0) is 30.9 Å². The van der Waals surface area contributed by atoms with E-state index in [1.165, 1.54) is 29.7 Å². The number of hydrogen-bond acceptors (Lipinski definition) is 2. The van der Waals surface area contributed by atoms with Gasteiger partial charge in [-0.2, -0.15) is 5.10 Å².